The van der Waals surface area contributed by atoms with Gasteiger partial charge in [-0.1, -0.05) is 6.92 Å². The van der Waals surface area contributed by atoms with Gasteiger partial charge in [0.25, 0.3) is 0 Å². The van der Waals surface area contributed by atoms with E-state index in [-0.39, 0.29) is 23.5 Å². The highest BCUT2D eigenvalue weighted by molar-refractivity contribution is 5.76. The minimum Gasteiger partial charge on any atom is -0.481 e. The number of hydrogen-bond donors (Lipinski definition) is 3. The second-order valence-electron chi connectivity index (χ2n) is 5.63. The predicted molar refractivity (Wildman–Crippen MR) is 67.3 cm³/mol. The number of aliphatic carboxylic acids is 1. The Morgan fingerprint density at radius 2 is 2.06 bits per heavy atom. The van der Waals surface area contributed by atoms with Gasteiger partial charge < -0.3 is 15.7 Å². The molecule has 2 aliphatic rings. The molecule has 5 heteroatoms. The molecule has 0 saturated heterocycles. The smallest absolute Gasteiger partial charge is 0.315 e. The molecule has 2 fully saturated rings. The van der Waals surface area contributed by atoms with Crippen molar-refractivity contribution >= 4 is 12.0 Å². The van der Waals surface area contributed by atoms with Gasteiger partial charge in [-0.25, -0.2) is 4.79 Å². The molecule has 2 aliphatic carbocycles. The Morgan fingerprint density at radius 1 is 1.33 bits per heavy atom. The predicted octanol–water partition coefficient (Wildman–Crippen LogP) is 1.87. The van der Waals surface area contributed by atoms with Crippen LogP contribution in [0.5, 0.6) is 0 Å². The van der Waals surface area contributed by atoms with Gasteiger partial charge in [-0.05, 0) is 44.9 Å². The summed E-state index contributed by atoms with van der Waals surface area (Å²) in [5.41, 5.74) is -0.00507. The molecule has 0 bridgehead atoms. The maximum atomic E-state index is 11.9. The average Bonchev–Trinajstić information content (AvgIpc) is 2.72. The summed E-state index contributed by atoms with van der Waals surface area (Å²) in [6, 6.07) is -0.118. The lowest BCUT2D eigenvalue weighted by molar-refractivity contribution is -0.141. The molecule has 2 amide bonds. The van der Waals surface area contributed by atoms with Crippen LogP contribution in [-0.2, 0) is 4.79 Å². The number of urea groups is 1. The molecule has 3 N–H and O–H groups in total. The number of carboxylic acids is 1. The molecular weight excluding hydrogens is 232 g/mol. The van der Waals surface area contributed by atoms with E-state index in [0.717, 1.165) is 25.7 Å². The van der Waals surface area contributed by atoms with Crippen LogP contribution in [0.4, 0.5) is 4.79 Å². The average molecular weight is 254 g/mol. The summed E-state index contributed by atoms with van der Waals surface area (Å²) in [5, 5.41) is 14.9. The Bertz CT molecular complexity index is 334. The Kier molecular flexibility index (Phi) is 3.78. The van der Waals surface area contributed by atoms with Crippen molar-refractivity contribution in [2.45, 2.75) is 63.5 Å². The topological polar surface area (TPSA) is 78.4 Å². The molecule has 0 radical (unpaired) electrons. The lowest BCUT2D eigenvalue weighted by Crippen LogP contribution is -2.57. The van der Waals surface area contributed by atoms with Crippen LogP contribution >= 0.6 is 0 Å². The summed E-state index contributed by atoms with van der Waals surface area (Å²) in [6.07, 6.45) is 6.24. The first-order valence-corrected chi connectivity index (χ1v) is 6.86. The monoisotopic (exact) mass is 254 g/mol. The highest BCUT2D eigenvalue weighted by Crippen LogP contribution is 2.34. The third-order valence-corrected chi connectivity index (χ3v) is 4.48. The minimum atomic E-state index is -0.747. The number of carbonyl (C=O) groups is 2. The molecular formula is C13H22N2O3. The summed E-state index contributed by atoms with van der Waals surface area (Å²) >= 11 is 0. The normalized spacial score (nSPS) is 29.4. The molecule has 0 aromatic carbocycles. The fourth-order valence-corrected chi connectivity index (χ4v) is 2.97. The van der Waals surface area contributed by atoms with E-state index in [1.54, 1.807) is 0 Å². The number of rotatable bonds is 4. The van der Waals surface area contributed by atoms with Crippen LogP contribution in [0.1, 0.15) is 51.9 Å². The van der Waals surface area contributed by atoms with Gasteiger partial charge >= 0.3 is 12.0 Å². The van der Waals surface area contributed by atoms with Crippen molar-refractivity contribution in [1.29, 1.82) is 0 Å². The van der Waals surface area contributed by atoms with E-state index in [4.69, 9.17) is 5.11 Å². The van der Waals surface area contributed by atoms with E-state index in [2.05, 4.69) is 17.6 Å². The zero-order valence-electron chi connectivity index (χ0n) is 10.9. The van der Waals surface area contributed by atoms with E-state index in [0.29, 0.717) is 12.8 Å². The van der Waals surface area contributed by atoms with Gasteiger partial charge in [0.15, 0.2) is 0 Å². The van der Waals surface area contributed by atoms with Crippen LogP contribution in [0, 0.1) is 5.92 Å². The number of amides is 2. The van der Waals surface area contributed by atoms with Crippen molar-refractivity contribution in [2.75, 3.05) is 0 Å². The van der Waals surface area contributed by atoms with Crippen molar-refractivity contribution in [3.05, 3.63) is 0 Å². The molecule has 0 spiro atoms. The SMILES string of the molecule is CCC1(NC(=O)NC2CCC(C(=O)O)C2)CCC1. The number of hydrogen-bond acceptors (Lipinski definition) is 2. The minimum absolute atomic E-state index is 0.00507. The third-order valence-electron chi connectivity index (χ3n) is 4.48. The highest BCUT2D eigenvalue weighted by atomic mass is 16.4. The van der Waals surface area contributed by atoms with E-state index < -0.39 is 5.97 Å². The van der Waals surface area contributed by atoms with Crippen LogP contribution in [-0.4, -0.2) is 28.7 Å². The van der Waals surface area contributed by atoms with Crippen LogP contribution in [0.25, 0.3) is 0 Å². The van der Waals surface area contributed by atoms with Crippen molar-refractivity contribution < 1.29 is 14.7 Å². The molecule has 0 aromatic heterocycles. The molecule has 102 valence electrons. The van der Waals surface area contributed by atoms with Crippen LogP contribution in [0.2, 0.25) is 0 Å². The van der Waals surface area contributed by atoms with Crippen LogP contribution in [0.15, 0.2) is 0 Å². The molecule has 2 saturated carbocycles. The van der Waals surface area contributed by atoms with Crippen molar-refractivity contribution in [3.63, 3.8) is 0 Å². The Morgan fingerprint density at radius 3 is 2.50 bits per heavy atom. The van der Waals surface area contributed by atoms with Crippen molar-refractivity contribution in [2.24, 2.45) is 5.92 Å². The summed E-state index contributed by atoms with van der Waals surface area (Å²) in [7, 11) is 0. The fourth-order valence-electron chi connectivity index (χ4n) is 2.97. The first kappa shape index (κ1) is 13.2. The fraction of sp³-hybridized carbons (Fsp3) is 0.846. The van der Waals surface area contributed by atoms with Gasteiger partial charge in [0.05, 0.1) is 5.92 Å². The Balaban J connectivity index is 1.77. The largest absolute Gasteiger partial charge is 0.481 e. The molecule has 0 heterocycles. The second-order valence-corrected chi connectivity index (χ2v) is 5.63. The summed E-state index contributed by atoms with van der Waals surface area (Å²) in [6.45, 7) is 2.09. The lowest BCUT2D eigenvalue weighted by atomic mass is 9.75. The standard InChI is InChI=1S/C13H22N2O3/c1-2-13(6-3-7-13)15-12(18)14-10-5-4-9(8-10)11(16)17/h9-10H,2-8H2,1H3,(H,16,17)(H2,14,15,18). The first-order valence-electron chi connectivity index (χ1n) is 6.86. The van der Waals surface area contributed by atoms with Crippen molar-refractivity contribution in [1.82, 2.24) is 10.6 Å². The number of nitrogens with one attached hydrogen (secondary N) is 2. The number of carbonyl (C=O) groups excluding carboxylic acids is 1. The second kappa shape index (κ2) is 5.16. The Labute approximate surface area is 107 Å². The molecule has 18 heavy (non-hydrogen) atoms. The molecule has 2 rings (SSSR count). The van der Waals surface area contributed by atoms with E-state index >= 15 is 0 Å². The van der Waals surface area contributed by atoms with Gasteiger partial charge in [-0.2, -0.15) is 0 Å². The zero-order valence-corrected chi connectivity index (χ0v) is 10.9. The molecule has 0 aromatic rings. The van der Waals surface area contributed by atoms with Gasteiger partial charge in [0.1, 0.15) is 0 Å². The van der Waals surface area contributed by atoms with Crippen molar-refractivity contribution in [3.8, 4) is 0 Å². The molecule has 2 atom stereocenters. The van der Waals surface area contributed by atoms with E-state index in [9.17, 15) is 9.59 Å². The summed E-state index contributed by atoms with van der Waals surface area (Å²) < 4.78 is 0. The molecule has 2 unspecified atom stereocenters. The van der Waals surface area contributed by atoms with Crippen LogP contribution < -0.4 is 10.6 Å². The maximum Gasteiger partial charge on any atom is 0.315 e. The summed E-state index contributed by atoms with van der Waals surface area (Å²) in [5.74, 6) is -1.04. The van der Waals surface area contributed by atoms with E-state index in [1.165, 1.54) is 6.42 Å². The van der Waals surface area contributed by atoms with Gasteiger partial charge in [-0.15, -0.1) is 0 Å². The summed E-state index contributed by atoms with van der Waals surface area (Å²) in [4.78, 5) is 22.7. The number of carboxylic acid groups (broad SMARTS) is 1. The van der Waals surface area contributed by atoms with Gasteiger partial charge in [0.2, 0.25) is 0 Å². The molecule has 0 aliphatic heterocycles. The lowest BCUT2D eigenvalue weighted by Gasteiger charge is -2.42. The van der Waals surface area contributed by atoms with Gasteiger partial charge in [-0.3, -0.25) is 4.79 Å². The third kappa shape index (κ3) is 2.76. The maximum absolute atomic E-state index is 11.9. The quantitative estimate of drug-likeness (QED) is 0.716. The van der Waals surface area contributed by atoms with Crippen LogP contribution in [0.3, 0.4) is 0 Å². The first-order chi connectivity index (χ1) is 8.54. The Hall–Kier alpha value is -1.26. The van der Waals surface area contributed by atoms with E-state index in [1.807, 2.05) is 0 Å². The zero-order chi connectivity index (χ0) is 13.2. The van der Waals surface area contributed by atoms with Gasteiger partial charge in [0, 0.05) is 11.6 Å². The highest BCUT2D eigenvalue weighted by Gasteiger charge is 2.37. The molecule has 5 nitrogen and oxygen atoms in total.